The van der Waals surface area contributed by atoms with E-state index in [0.717, 1.165) is 0 Å². The smallest absolute Gasteiger partial charge is 0.407 e. The summed E-state index contributed by atoms with van der Waals surface area (Å²) in [4.78, 5) is 11.5. The van der Waals surface area contributed by atoms with E-state index in [4.69, 9.17) is 37.2 Å². The molecule has 0 fully saturated rings. The molecule has 0 unspecified atom stereocenters. The molecule has 0 aliphatic heterocycles. The van der Waals surface area contributed by atoms with E-state index in [-0.39, 0.29) is 19.0 Å². The summed E-state index contributed by atoms with van der Waals surface area (Å²) in [6, 6.07) is 6.81. The van der Waals surface area contributed by atoms with Crippen LogP contribution in [0.25, 0.3) is 11.3 Å². The van der Waals surface area contributed by atoms with Crippen LogP contribution in [0.15, 0.2) is 28.8 Å². The summed E-state index contributed by atoms with van der Waals surface area (Å²) < 4.78 is 15.7. The number of benzene rings is 1. The fourth-order valence-electron chi connectivity index (χ4n) is 1.77. The molecular formula is C16H18Cl2N2O4. The molecule has 6 nitrogen and oxygen atoms in total. The van der Waals surface area contributed by atoms with Crippen molar-refractivity contribution in [2.45, 2.75) is 26.4 Å². The number of carbonyl (C=O) groups is 1. The second-order valence-electron chi connectivity index (χ2n) is 5.91. The van der Waals surface area contributed by atoms with Gasteiger partial charge >= 0.3 is 6.09 Å². The largest absolute Gasteiger partial charge is 0.474 e. The van der Waals surface area contributed by atoms with Gasteiger partial charge in [-0.2, -0.15) is 0 Å². The Bertz CT molecular complexity index is 710. The fourth-order valence-corrected chi connectivity index (χ4v) is 2.16. The zero-order valence-electron chi connectivity index (χ0n) is 13.6. The van der Waals surface area contributed by atoms with E-state index < -0.39 is 11.7 Å². The maximum Gasteiger partial charge on any atom is 0.407 e. The van der Waals surface area contributed by atoms with Crippen molar-refractivity contribution in [3.63, 3.8) is 0 Å². The number of alkyl carbamates (subject to hydrolysis) is 1. The second kappa shape index (κ2) is 7.77. The van der Waals surface area contributed by atoms with Crippen molar-refractivity contribution in [1.29, 1.82) is 0 Å². The Morgan fingerprint density at radius 1 is 1.33 bits per heavy atom. The lowest BCUT2D eigenvalue weighted by atomic mass is 10.2. The molecule has 0 saturated heterocycles. The van der Waals surface area contributed by atoms with E-state index in [0.29, 0.717) is 21.4 Å². The highest BCUT2D eigenvalue weighted by molar-refractivity contribution is 6.43. The number of rotatable bonds is 5. The topological polar surface area (TPSA) is 73.6 Å². The van der Waals surface area contributed by atoms with Crippen molar-refractivity contribution in [3.05, 3.63) is 34.3 Å². The zero-order chi connectivity index (χ0) is 17.7. The third-order valence-corrected chi connectivity index (χ3v) is 3.54. The van der Waals surface area contributed by atoms with Gasteiger partial charge in [-0.05, 0) is 38.1 Å². The normalized spacial score (nSPS) is 11.2. The van der Waals surface area contributed by atoms with E-state index >= 15 is 0 Å². The van der Waals surface area contributed by atoms with E-state index in [1.54, 1.807) is 45.0 Å². The lowest BCUT2D eigenvalue weighted by Crippen LogP contribution is -2.34. The van der Waals surface area contributed by atoms with Crippen molar-refractivity contribution in [3.8, 4) is 17.2 Å². The molecule has 0 atom stereocenters. The molecule has 0 aliphatic rings. The predicted octanol–water partition coefficient (Wildman–Crippen LogP) is 4.55. The third kappa shape index (κ3) is 5.32. The summed E-state index contributed by atoms with van der Waals surface area (Å²) in [5.41, 5.74) is 0.0840. The SMILES string of the molecule is CC(C)(C)OC(=O)NCCOc1cc(-c2cccc(Cl)c2Cl)on1. The minimum absolute atomic E-state index is 0.217. The summed E-state index contributed by atoms with van der Waals surface area (Å²) in [6.45, 7) is 5.87. The number of halogens is 2. The average molecular weight is 373 g/mol. The van der Waals surface area contributed by atoms with Gasteiger partial charge in [0, 0.05) is 11.6 Å². The van der Waals surface area contributed by atoms with Gasteiger partial charge < -0.3 is 19.3 Å². The van der Waals surface area contributed by atoms with Gasteiger partial charge in [-0.15, -0.1) is 0 Å². The minimum Gasteiger partial charge on any atom is -0.474 e. The number of hydrogen-bond donors (Lipinski definition) is 1. The van der Waals surface area contributed by atoms with Gasteiger partial charge in [-0.3, -0.25) is 0 Å². The molecule has 130 valence electrons. The van der Waals surface area contributed by atoms with Crippen LogP contribution >= 0.6 is 23.2 Å². The summed E-state index contributed by atoms with van der Waals surface area (Å²) in [7, 11) is 0. The number of nitrogens with one attached hydrogen (secondary N) is 1. The average Bonchev–Trinajstić information content (AvgIpc) is 2.93. The molecule has 1 N–H and O–H groups in total. The van der Waals surface area contributed by atoms with Gasteiger partial charge in [0.15, 0.2) is 5.76 Å². The maximum absolute atomic E-state index is 11.5. The minimum atomic E-state index is -0.540. The molecule has 0 saturated carbocycles. The Morgan fingerprint density at radius 3 is 2.79 bits per heavy atom. The van der Waals surface area contributed by atoms with Gasteiger partial charge in [0.2, 0.25) is 0 Å². The second-order valence-corrected chi connectivity index (χ2v) is 6.69. The van der Waals surface area contributed by atoms with E-state index in [9.17, 15) is 4.79 Å². The van der Waals surface area contributed by atoms with Crippen LogP contribution in [0.3, 0.4) is 0 Å². The molecular weight excluding hydrogens is 355 g/mol. The van der Waals surface area contributed by atoms with Crippen molar-refractivity contribution in [1.82, 2.24) is 10.5 Å². The van der Waals surface area contributed by atoms with Crippen molar-refractivity contribution in [2.24, 2.45) is 0 Å². The number of aromatic nitrogens is 1. The Morgan fingerprint density at radius 2 is 2.08 bits per heavy atom. The van der Waals surface area contributed by atoms with Crippen LogP contribution < -0.4 is 10.1 Å². The molecule has 1 aromatic carbocycles. The Balaban J connectivity index is 1.84. The van der Waals surface area contributed by atoms with Crippen LogP contribution in [0.4, 0.5) is 4.79 Å². The van der Waals surface area contributed by atoms with Gasteiger partial charge in [0.1, 0.15) is 12.2 Å². The first-order valence-electron chi connectivity index (χ1n) is 7.27. The van der Waals surface area contributed by atoms with Gasteiger partial charge in [0.05, 0.1) is 16.6 Å². The van der Waals surface area contributed by atoms with Crippen molar-refractivity contribution < 1.29 is 18.8 Å². The highest BCUT2D eigenvalue weighted by atomic mass is 35.5. The summed E-state index contributed by atoms with van der Waals surface area (Å²) in [5, 5.41) is 7.19. The summed E-state index contributed by atoms with van der Waals surface area (Å²) >= 11 is 12.1. The van der Waals surface area contributed by atoms with Gasteiger partial charge in [-0.25, -0.2) is 4.79 Å². The maximum atomic E-state index is 11.5. The molecule has 24 heavy (non-hydrogen) atoms. The summed E-state index contributed by atoms with van der Waals surface area (Å²) in [6.07, 6.45) is -0.502. The van der Waals surface area contributed by atoms with Gasteiger partial charge in [0.25, 0.3) is 5.88 Å². The van der Waals surface area contributed by atoms with Crippen LogP contribution in [-0.2, 0) is 4.74 Å². The van der Waals surface area contributed by atoms with E-state index in [2.05, 4.69) is 10.5 Å². The molecule has 0 bridgehead atoms. The van der Waals surface area contributed by atoms with Crippen LogP contribution in [-0.4, -0.2) is 30.0 Å². The fraction of sp³-hybridized carbons (Fsp3) is 0.375. The Labute approximate surface area is 150 Å². The predicted molar refractivity (Wildman–Crippen MR) is 91.7 cm³/mol. The van der Waals surface area contributed by atoms with Crippen molar-refractivity contribution in [2.75, 3.05) is 13.2 Å². The number of nitrogens with zero attached hydrogens (tertiary/aromatic N) is 1. The molecule has 0 aliphatic carbocycles. The molecule has 8 heteroatoms. The highest BCUT2D eigenvalue weighted by Crippen LogP contribution is 2.34. The van der Waals surface area contributed by atoms with Crippen LogP contribution in [0, 0.1) is 0 Å². The van der Waals surface area contributed by atoms with E-state index in [1.165, 1.54) is 0 Å². The number of amides is 1. The standard InChI is InChI=1S/C16H18Cl2N2O4/c1-16(2,3)23-15(21)19-7-8-22-13-9-12(24-20-13)10-5-4-6-11(17)14(10)18/h4-6,9H,7-8H2,1-3H3,(H,19,21). The molecule has 1 amide bonds. The van der Waals surface area contributed by atoms with Crippen molar-refractivity contribution >= 4 is 29.3 Å². The molecule has 1 heterocycles. The third-order valence-electron chi connectivity index (χ3n) is 2.73. The Kier molecular flexibility index (Phi) is 5.96. The van der Waals surface area contributed by atoms with Gasteiger partial charge in [-0.1, -0.05) is 29.3 Å². The Hall–Kier alpha value is -1.92. The van der Waals surface area contributed by atoms with Crippen LogP contribution in [0.1, 0.15) is 20.8 Å². The monoisotopic (exact) mass is 372 g/mol. The first-order valence-corrected chi connectivity index (χ1v) is 8.02. The number of ether oxygens (including phenoxy) is 2. The van der Waals surface area contributed by atoms with Crippen LogP contribution in [0.5, 0.6) is 5.88 Å². The van der Waals surface area contributed by atoms with E-state index in [1.807, 2.05) is 0 Å². The molecule has 0 spiro atoms. The lowest BCUT2D eigenvalue weighted by molar-refractivity contribution is 0.0519. The first kappa shape index (κ1) is 18.4. The zero-order valence-corrected chi connectivity index (χ0v) is 15.1. The molecule has 2 aromatic rings. The molecule has 1 aromatic heterocycles. The molecule has 0 radical (unpaired) electrons. The lowest BCUT2D eigenvalue weighted by Gasteiger charge is -2.19. The quantitative estimate of drug-likeness (QED) is 0.779. The highest BCUT2D eigenvalue weighted by Gasteiger charge is 2.16. The van der Waals surface area contributed by atoms with Crippen LogP contribution in [0.2, 0.25) is 10.0 Å². The summed E-state index contributed by atoms with van der Waals surface area (Å²) in [5.74, 6) is 0.727. The first-order chi connectivity index (χ1) is 11.3. The number of carbonyl (C=O) groups excluding carboxylic acids is 1. The number of hydrogen-bond acceptors (Lipinski definition) is 5. The molecule has 2 rings (SSSR count).